The van der Waals surface area contributed by atoms with Crippen molar-refractivity contribution >= 4 is 20.0 Å². The maximum Gasteiger partial charge on any atom is 0.480 e. The van der Waals surface area contributed by atoms with Gasteiger partial charge in [0.05, 0.1) is 7.05 Å². The van der Waals surface area contributed by atoms with Gasteiger partial charge in [0.1, 0.15) is 11.9 Å². The Bertz CT molecular complexity index is 737. The average molecular weight is 435 g/mol. The standard InChI is InChI=1S/C8H14N2O.C2F6NO4S2/c1-7-9-8(4-3-5-11)6-10(7)2;3-1(4,5)14(10,11)9-15(12,13)2(6,7)8/h6,11H,3-5H2,1-2H3;/q;-1/p+1. The Hall–Kier alpha value is -1.39. The lowest BCUT2D eigenvalue weighted by Crippen LogP contribution is -2.30. The van der Waals surface area contributed by atoms with Crippen LogP contribution in [0.4, 0.5) is 26.3 Å². The summed E-state index contributed by atoms with van der Waals surface area (Å²) < 4.78 is 111. The highest BCUT2D eigenvalue weighted by Crippen LogP contribution is 2.36. The van der Waals surface area contributed by atoms with Crippen molar-refractivity contribution < 1.29 is 52.9 Å². The molecule has 0 bridgehead atoms. The lowest BCUT2D eigenvalue weighted by Gasteiger charge is -2.22. The summed E-state index contributed by atoms with van der Waals surface area (Å²) in [5.74, 6) is 1.15. The molecule has 0 fully saturated rings. The molecule has 2 N–H and O–H groups in total. The molecule has 1 heterocycles. The van der Waals surface area contributed by atoms with Gasteiger partial charge in [-0.3, -0.25) is 0 Å². The van der Waals surface area contributed by atoms with Gasteiger partial charge in [-0.1, -0.05) is 0 Å². The smallest absolute Gasteiger partial charge is 0.421 e. The quantitative estimate of drug-likeness (QED) is 0.530. The topological polar surface area (TPSA) is 122 Å². The van der Waals surface area contributed by atoms with E-state index in [1.165, 1.54) is 5.69 Å². The summed E-state index contributed by atoms with van der Waals surface area (Å²) in [6, 6.07) is 0. The second kappa shape index (κ2) is 8.53. The van der Waals surface area contributed by atoms with Crippen molar-refractivity contribution in [1.29, 1.82) is 0 Å². The number of aryl methyl sites for hydroxylation is 3. The van der Waals surface area contributed by atoms with Gasteiger partial charge in [0.2, 0.25) is 0 Å². The maximum atomic E-state index is 11.4. The van der Waals surface area contributed by atoms with Crippen LogP contribution in [0.25, 0.3) is 4.13 Å². The van der Waals surface area contributed by atoms with Crippen LogP contribution in [0.5, 0.6) is 0 Å². The van der Waals surface area contributed by atoms with E-state index in [9.17, 15) is 43.2 Å². The molecule has 16 heteroatoms. The van der Waals surface area contributed by atoms with Crippen molar-refractivity contribution in [3.8, 4) is 0 Å². The number of halogens is 6. The Morgan fingerprint density at radius 3 is 1.77 bits per heavy atom. The molecule has 0 aliphatic rings. The van der Waals surface area contributed by atoms with Crippen LogP contribution in [-0.2, 0) is 33.5 Å². The van der Waals surface area contributed by atoms with Crippen molar-refractivity contribution in [3.63, 3.8) is 0 Å². The third-order valence-electron chi connectivity index (χ3n) is 2.61. The zero-order chi connectivity index (χ0) is 21.0. The first-order valence-electron chi connectivity index (χ1n) is 6.46. The van der Waals surface area contributed by atoms with Gasteiger partial charge in [-0.25, -0.2) is 26.4 Å². The third-order valence-corrected chi connectivity index (χ3v) is 5.35. The highest BCUT2D eigenvalue weighted by Gasteiger charge is 2.46. The zero-order valence-corrected chi connectivity index (χ0v) is 14.9. The Labute approximate surface area is 144 Å². The van der Waals surface area contributed by atoms with Crippen LogP contribution in [0.1, 0.15) is 17.9 Å². The summed E-state index contributed by atoms with van der Waals surface area (Å²) in [5.41, 5.74) is -11.2. The van der Waals surface area contributed by atoms with Crippen molar-refractivity contribution in [3.05, 3.63) is 21.8 Å². The predicted octanol–water partition coefficient (Wildman–Crippen LogP) is 1.13. The minimum absolute atomic E-state index is 0.266. The number of hydrogen-bond donors (Lipinski definition) is 2. The molecule has 0 unspecified atom stereocenters. The first-order chi connectivity index (χ1) is 11.4. The molecular formula is C10H15F6N3O5S2. The van der Waals surface area contributed by atoms with Crippen LogP contribution in [-0.4, -0.2) is 44.5 Å². The van der Waals surface area contributed by atoms with Crippen molar-refractivity contribution in [2.45, 2.75) is 30.8 Å². The number of rotatable bonds is 5. The van der Waals surface area contributed by atoms with Crippen LogP contribution < -0.4 is 4.57 Å². The maximum absolute atomic E-state index is 11.4. The molecule has 0 spiro atoms. The van der Waals surface area contributed by atoms with Gasteiger partial charge < -0.3 is 9.23 Å². The van der Waals surface area contributed by atoms with Crippen molar-refractivity contribution in [2.24, 2.45) is 7.05 Å². The summed E-state index contributed by atoms with van der Waals surface area (Å²) in [7, 11) is -11.4. The molecule has 0 aromatic carbocycles. The fraction of sp³-hybridized carbons (Fsp3) is 0.700. The number of nitrogens with zero attached hydrogens (tertiary/aromatic N) is 2. The number of alkyl halides is 6. The molecule has 0 saturated heterocycles. The number of aliphatic hydroxyl groups is 1. The van der Waals surface area contributed by atoms with Gasteiger partial charge in [0.15, 0.2) is 20.0 Å². The van der Waals surface area contributed by atoms with E-state index in [4.69, 9.17) is 5.11 Å². The lowest BCUT2D eigenvalue weighted by atomic mass is 10.3. The minimum atomic E-state index is -6.72. The average Bonchev–Trinajstić information content (AvgIpc) is 2.72. The Kier molecular flexibility index (Phi) is 8.08. The Morgan fingerprint density at radius 2 is 1.50 bits per heavy atom. The molecule has 26 heavy (non-hydrogen) atoms. The van der Waals surface area contributed by atoms with Crippen LogP contribution in [0.2, 0.25) is 0 Å². The van der Waals surface area contributed by atoms with E-state index < -0.39 is 31.1 Å². The van der Waals surface area contributed by atoms with E-state index in [-0.39, 0.29) is 6.61 Å². The normalized spacial score (nSPS) is 13.3. The predicted molar refractivity (Wildman–Crippen MR) is 75.4 cm³/mol. The highest BCUT2D eigenvalue weighted by molar-refractivity contribution is 8.13. The zero-order valence-electron chi connectivity index (χ0n) is 13.3. The number of aromatic amines is 1. The van der Waals surface area contributed by atoms with E-state index in [0.29, 0.717) is 0 Å². The Balaban J connectivity index is 0.000000502. The Morgan fingerprint density at radius 1 is 1.08 bits per heavy atom. The summed E-state index contributed by atoms with van der Waals surface area (Å²) in [6.07, 6.45) is 3.82. The fourth-order valence-electron chi connectivity index (χ4n) is 1.29. The molecule has 1 rings (SSSR count). The van der Waals surface area contributed by atoms with Gasteiger partial charge in [-0.2, -0.15) is 26.3 Å². The number of aliphatic hydroxyl groups excluding tert-OH is 1. The van der Waals surface area contributed by atoms with Crippen molar-refractivity contribution in [2.75, 3.05) is 6.61 Å². The molecule has 154 valence electrons. The van der Waals surface area contributed by atoms with Crippen LogP contribution in [0.15, 0.2) is 6.20 Å². The van der Waals surface area contributed by atoms with E-state index in [0.717, 1.165) is 22.8 Å². The summed E-state index contributed by atoms with van der Waals surface area (Å²) in [5, 5.41) is 8.58. The van der Waals surface area contributed by atoms with Gasteiger partial charge >= 0.3 is 11.0 Å². The summed E-state index contributed by atoms with van der Waals surface area (Å²) >= 11 is 0. The van der Waals surface area contributed by atoms with Gasteiger partial charge in [0.25, 0.3) is 5.82 Å². The SMILES string of the molecule is Cc1[nH]c(CCCO)c[n+]1C.O=S(=O)([N-]S(=O)(=O)C(F)(F)F)C(F)(F)F. The lowest BCUT2D eigenvalue weighted by molar-refractivity contribution is -0.676. The van der Waals surface area contributed by atoms with Crippen LogP contribution in [0, 0.1) is 6.92 Å². The molecule has 8 nitrogen and oxygen atoms in total. The first-order valence-corrected chi connectivity index (χ1v) is 9.34. The number of nitrogens with one attached hydrogen (secondary N) is 1. The van der Waals surface area contributed by atoms with Gasteiger partial charge in [-0.15, -0.1) is 0 Å². The summed E-state index contributed by atoms with van der Waals surface area (Å²) in [6.45, 7) is 2.30. The number of aromatic nitrogens is 2. The minimum Gasteiger partial charge on any atom is -0.421 e. The van der Waals surface area contributed by atoms with Crippen LogP contribution >= 0.6 is 0 Å². The third kappa shape index (κ3) is 7.08. The number of imidazole rings is 1. The molecule has 0 saturated carbocycles. The summed E-state index contributed by atoms with van der Waals surface area (Å²) in [4.78, 5) is 3.23. The second-order valence-corrected chi connectivity index (χ2v) is 8.14. The molecule has 0 aliphatic heterocycles. The van der Waals surface area contributed by atoms with E-state index in [1.807, 2.05) is 18.5 Å². The molecule has 0 atom stereocenters. The van der Waals surface area contributed by atoms with E-state index in [2.05, 4.69) is 11.2 Å². The molecule has 1 aromatic rings. The van der Waals surface area contributed by atoms with Crippen LogP contribution in [0.3, 0.4) is 0 Å². The van der Waals surface area contributed by atoms with E-state index >= 15 is 0 Å². The largest absolute Gasteiger partial charge is 0.480 e. The van der Waals surface area contributed by atoms with E-state index in [1.54, 1.807) is 0 Å². The molecule has 0 amide bonds. The monoisotopic (exact) mass is 435 g/mol. The fourth-order valence-corrected chi connectivity index (χ4v) is 3.00. The molecular weight excluding hydrogens is 420 g/mol. The van der Waals surface area contributed by atoms with Crippen molar-refractivity contribution in [1.82, 2.24) is 4.98 Å². The molecule has 0 radical (unpaired) electrons. The number of hydrogen-bond acceptors (Lipinski definition) is 5. The molecule has 0 aliphatic carbocycles. The number of H-pyrrole nitrogens is 1. The van der Waals surface area contributed by atoms with Gasteiger partial charge in [0, 0.05) is 20.0 Å². The highest BCUT2D eigenvalue weighted by atomic mass is 32.3. The molecule has 1 aromatic heterocycles. The van der Waals surface area contributed by atoms with Gasteiger partial charge in [-0.05, 0) is 6.42 Å². The first kappa shape index (κ1) is 24.6. The number of sulfonamides is 2. The second-order valence-electron chi connectivity index (χ2n) is 4.72.